The van der Waals surface area contributed by atoms with Crippen LogP contribution in [0.4, 0.5) is 0 Å². The van der Waals surface area contributed by atoms with Gasteiger partial charge in [0.25, 0.3) is 0 Å². The molecule has 4 nitrogen and oxygen atoms in total. The molecule has 2 N–H and O–H groups in total. The molecule has 1 aromatic rings. The zero-order valence-corrected chi connectivity index (χ0v) is 10.4. The van der Waals surface area contributed by atoms with Crippen molar-refractivity contribution in [1.82, 2.24) is 4.57 Å². The number of hydrogen-bond acceptors (Lipinski definition) is 3. The Morgan fingerprint density at radius 3 is 2.62 bits per heavy atom. The lowest BCUT2D eigenvalue weighted by atomic mass is 9.85. The highest BCUT2D eigenvalue weighted by molar-refractivity contribution is 5.87. The average Bonchev–Trinajstić information content (AvgIpc) is 2.59. The summed E-state index contributed by atoms with van der Waals surface area (Å²) in [6, 6.07) is 3.75. The van der Waals surface area contributed by atoms with Crippen LogP contribution in [0.3, 0.4) is 0 Å². The van der Waals surface area contributed by atoms with Gasteiger partial charge in [-0.2, -0.15) is 0 Å². The molecule has 0 unspecified atom stereocenters. The Bertz CT molecular complexity index is 380. The molecular formula is C12H20N2O2. The van der Waals surface area contributed by atoms with Gasteiger partial charge >= 0.3 is 5.97 Å². The second-order valence-corrected chi connectivity index (χ2v) is 4.58. The first-order valence-corrected chi connectivity index (χ1v) is 5.38. The Hall–Kier alpha value is -1.29. The maximum Gasteiger partial charge on any atom is 0.354 e. The van der Waals surface area contributed by atoms with Gasteiger partial charge in [0.1, 0.15) is 5.69 Å². The van der Waals surface area contributed by atoms with Crippen LogP contribution < -0.4 is 5.73 Å². The maximum absolute atomic E-state index is 11.5. The van der Waals surface area contributed by atoms with Gasteiger partial charge in [0.2, 0.25) is 0 Å². The molecule has 0 bridgehead atoms. The van der Waals surface area contributed by atoms with Gasteiger partial charge in [0.15, 0.2) is 0 Å². The van der Waals surface area contributed by atoms with Crippen LogP contribution in [0.5, 0.6) is 0 Å². The normalized spacial score (nSPS) is 11.6. The summed E-state index contributed by atoms with van der Waals surface area (Å²) in [5.74, 6) is -0.308. The Balaban J connectivity index is 3.09. The molecule has 1 rings (SSSR count). The summed E-state index contributed by atoms with van der Waals surface area (Å²) in [6.07, 6.45) is 0.880. The number of aromatic nitrogens is 1. The van der Waals surface area contributed by atoms with Crippen LogP contribution in [0.1, 0.15) is 36.5 Å². The number of esters is 1. The van der Waals surface area contributed by atoms with Gasteiger partial charge in [-0.15, -0.1) is 0 Å². The number of methoxy groups -OCH3 is 1. The lowest BCUT2D eigenvalue weighted by Crippen LogP contribution is -2.25. The molecule has 0 amide bonds. The molecule has 0 fully saturated rings. The van der Waals surface area contributed by atoms with Crippen molar-refractivity contribution in [1.29, 1.82) is 0 Å². The highest BCUT2D eigenvalue weighted by atomic mass is 16.5. The van der Waals surface area contributed by atoms with Gasteiger partial charge < -0.3 is 15.0 Å². The smallest absolute Gasteiger partial charge is 0.354 e. The third-order valence-electron chi connectivity index (χ3n) is 2.98. The SMILES string of the molecule is COC(=O)c1ccc(C(C)(C)CCN)n1C. The van der Waals surface area contributed by atoms with Crippen molar-refractivity contribution in [3.05, 3.63) is 23.5 Å². The lowest BCUT2D eigenvalue weighted by molar-refractivity contribution is 0.0589. The van der Waals surface area contributed by atoms with Crippen molar-refractivity contribution in [2.24, 2.45) is 12.8 Å². The third kappa shape index (κ3) is 2.27. The van der Waals surface area contributed by atoms with Gasteiger partial charge in [-0.3, -0.25) is 0 Å². The average molecular weight is 224 g/mol. The molecule has 90 valence electrons. The Labute approximate surface area is 96.4 Å². The largest absolute Gasteiger partial charge is 0.464 e. The predicted octanol–water partition coefficient (Wildman–Crippen LogP) is 1.44. The van der Waals surface area contributed by atoms with E-state index in [9.17, 15) is 4.79 Å². The fraction of sp³-hybridized carbons (Fsp3) is 0.583. The molecule has 1 aromatic heterocycles. The zero-order chi connectivity index (χ0) is 12.3. The van der Waals surface area contributed by atoms with E-state index in [1.54, 1.807) is 6.07 Å². The molecule has 1 heterocycles. The van der Waals surface area contributed by atoms with Crippen molar-refractivity contribution < 1.29 is 9.53 Å². The van der Waals surface area contributed by atoms with Crippen molar-refractivity contribution >= 4 is 5.97 Å². The van der Waals surface area contributed by atoms with E-state index < -0.39 is 0 Å². The minimum atomic E-state index is -0.308. The van der Waals surface area contributed by atoms with Gasteiger partial charge in [-0.1, -0.05) is 13.8 Å². The van der Waals surface area contributed by atoms with E-state index in [1.807, 2.05) is 17.7 Å². The predicted molar refractivity (Wildman–Crippen MR) is 63.4 cm³/mol. The molecule has 0 aliphatic carbocycles. The zero-order valence-electron chi connectivity index (χ0n) is 10.4. The Kier molecular flexibility index (Phi) is 3.75. The van der Waals surface area contributed by atoms with Gasteiger partial charge in [0, 0.05) is 18.2 Å². The highest BCUT2D eigenvalue weighted by Gasteiger charge is 2.25. The number of nitrogens with two attached hydrogens (primary N) is 1. The minimum Gasteiger partial charge on any atom is -0.464 e. The molecule has 0 saturated carbocycles. The summed E-state index contributed by atoms with van der Waals surface area (Å²) >= 11 is 0. The van der Waals surface area contributed by atoms with E-state index in [1.165, 1.54) is 7.11 Å². The van der Waals surface area contributed by atoms with Crippen LogP contribution in [0.2, 0.25) is 0 Å². The second kappa shape index (κ2) is 4.70. The molecule has 16 heavy (non-hydrogen) atoms. The number of carbonyl (C=O) groups is 1. The van der Waals surface area contributed by atoms with Crippen molar-refractivity contribution in [3.8, 4) is 0 Å². The number of hydrogen-bond donors (Lipinski definition) is 1. The van der Waals surface area contributed by atoms with E-state index in [2.05, 4.69) is 13.8 Å². The number of nitrogens with zero attached hydrogens (tertiary/aromatic N) is 1. The van der Waals surface area contributed by atoms with E-state index in [-0.39, 0.29) is 11.4 Å². The number of ether oxygens (including phenoxy) is 1. The molecular weight excluding hydrogens is 204 g/mol. The van der Waals surface area contributed by atoms with Crippen LogP contribution in [0.15, 0.2) is 12.1 Å². The van der Waals surface area contributed by atoms with Gasteiger partial charge in [-0.25, -0.2) is 4.79 Å². The fourth-order valence-electron chi connectivity index (χ4n) is 1.99. The molecule has 0 aliphatic rings. The van der Waals surface area contributed by atoms with E-state index in [0.717, 1.165) is 12.1 Å². The minimum absolute atomic E-state index is 0.0320. The van der Waals surface area contributed by atoms with Gasteiger partial charge in [-0.05, 0) is 25.1 Å². The van der Waals surface area contributed by atoms with Crippen molar-refractivity contribution in [2.75, 3.05) is 13.7 Å². The van der Waals surface area contributed by atoms with Crippen molar-refractivity contribution in [3.63, 3.8) is 0 Å². The third-order valence-corrected chi connectivity index (χ3v) is 2.98. The molecule has 0 aromatic carbocycles. The summed E-state index contributed by atoms with van der Waals surface area (Å²) in [4.78, 5) is 11.5. The van der Waals surface area contributed by atoms with Crippen LogP contribution in [-0.2, 0) is 17.2 Å². The van der Waals surface area contributed by atoms with E-state index in [0.29, 0.717) is 12.2 Å². The first-order valence-electron chi connectivity index (χ1n) is 5.38. The molecule has 0 radical (unpaired) electrons. The monoisotopic (exact) mass is 224 g/mol. The fourth-order valence-corrected chi connectivity index (χ4v) is 1.99. The van der Waals surface area contributed by atoms with E-state index in [4.69, 9.17) is 10.5 Å². The first kappa shape index (κ1) is 12.8. The summed E-state index contributed by atoms with van der Waals surface area (Å²) in [5, 5.41) is 0. The standard InChI is InChI=1S/C12H20N2O2/c1-12(2,7-8-13)10-6-5-9(14(10)3)11(15)16-4/h5-6H,7-8,13H2,1-4H3. The maximum atomic E-state index is 11.5. The Morgan fingerprint density at radius 2 is 2.12 bits per heavy atom. The van der Waals surface area contributed by atoms with Gasteiger partial charge in [0.05, 0.1) is 7.11 Å². The summed E-state index contributed by atoms with van der Waals surface area (Å²) in [7, 11) is 3.26. The molecule has 0 saturated heterocycles. The quantitative estimate of drug-likeness (QED) is 0.787. The second-order valence-electron chi connectivity index (χ2n) is 4.58. The topological polar surface area (TPSA) is 57.2 Å². The molecule has 4 heteroatoms. The van der Waals surface area contributed by atoms with Crippen LogP contribution in [0.25, 0.3) is 0 Å². The summed E-state index contributed by atoms with van der Waals surface area (Å²) < 4.78 is 6.60. The summed E-state index contributed by atoms with van der Waals surface area (Å²) in [6.45, 7) is 4.87. The Morgan fingerprint density at radius 1 is 1.50 bits per heavy atom. The number of carbonyl (C=O) groups excluding carboxylic acids is 1. The van der Waals surface area contributed by atoms with E-state index >= 15 is 0 Å². The number of rotatable bonds is 4. The summed E-state index contributed by atoms with van der Waals surface area (Å²) in [5.41, 5.74) is 7.23. The van der Waals surface area contributed by atoms with Crippen LogP contribution in [-0.4, -0.2) is 24.2 Å². The molecule has 0 spiro atoms. The van der Waals surface area contributed by atoms with Crippen LogP contribution in [0, 0.1) is 0 Å². The molecule has 0 atom stereocenters. The highest BCUT2D eigenvalue weighted by Crippen LogP contribution is 2.27. The van der Waals surface area contributed by atoms with Crippen molar-refractivity contribution in [2.45, 2.75) is 25.7 Å². The first-order chi connectivity index (χ1) is 7.44. The van der Waals surface area contributed by atoms with Crippen LogP contribution >= 0.6 is 0 Å². The lowest BCUT2D eigenvalue weighted by Gasteiger charge is -2.25. The molecule has 0 aliphatic heterocycles.